The molecular formula is C24H36N4O5. The molecule has 1 heterocycles. The minimum atomic E-state index is -1.12. The highest BCUT2D eigenvalue weighted by Gasteiger charge is 2.40. The third-order valence-corrected chi connectivity index (χ3v) is 5.91. The molecule has 0 saturated carbocycles. The molecule has 0 spiro atoms. The van der Waals surface area contributed by atoms with Crippen LogP contribution < -0.4 is 20.9 Å². The number of urea groups is 1. The van der Waals surface area contributed by atoms with E-state index in [4.69, 9.17) is 0 Å². The molecule has 0 aliphatic carbocycles. The molecule has 4 amide bonds. The van der Waals surface area contributed by atoms with E-state index in [1.165, 1.54) is 4.90 Å². The number of carboxylic acids is 1. The fourth-order valence-corrected chi connectivity index (χ4v) is 3.96. The SMILES string of the molecule is CC[C@@H](C)[C@H](NC(=O)N1c2ccccc2NC(=O)[C@@H]1C(C)C)C(=O)N[C@@H](CC(C)C)C(=O)O. The van der Waals surface area contributed by atoms with Crippen LogP contribution in [0, 0.1) is 17.8 Å². The monoisotopic (exact) mass is 460 g/mol. The molecule has 9 nitrogen and oxygen atoms in total. The van der Waals surface area contributed by atoms with Gasteiger partial charge < -0.3 is 21.1 Å². The van der Waals surface area contributed by atoms with Crippen molar-refractivity contribution < 1.29 is 24.3 Å². The van der Waals surface area contributed by atoms with Gasteiger partial charge in [-0.1, -0.05) is 60.1 Å². The van der Waals surface area contributed by atoms with Crippen molar-refractivity contribution in [2.45, 2.75) is 72.5 Å². The van der Waals surface area contributed by atoms with Gasteiger partial charge in [-0.3, -0.25) is 14.5 Å². The first-order valence-corrected chi connectivity index (χ1v) is 11.5. The van der Waals surface area contributed by atoms with Crippen LogP contribution in [0.15, 0.2) is 24.3 Å². The topological polar surface area (TPSA) is 128 Å². The molecule has 2 rings (SSSR count). The summed E-state index contributed by atoms with van der Waals surface area (Å²) in [6.45, 7) is 11.2. The van der Waals surface area contributed by atoms with Gasteiger partial charge in [0.25, 0.3) is 0 Å². The van der Waals surface area contributed by atoms with Crippen LogP contribution in [0.3, 0.4) is 0 Å². The largest absolute Gasteiger partial charge is 0.480 e. The van der Waals surface area contributed by atoms with Gasteiger partial charge in [-0.25, -0.2) is 9.59 Å². The van der Waals surface area contributed by atoms with Crippen molar-refractivity contribution in [3.8, 4) is 0 Å². The second-order valence-corrected chi connectivity index (χ2v) is 9.41. The molecule has 0 unspecified atom stereocenters. The van der Waals surface area contributed by atoms with Crippen LogP contribution in [0.5, 0.6) is 0 Å². The van der Waals surface area contributed by atoms with Gasteiger partial charge in [0.2, 0.25) is 11.8 Å². The number of carboxylic acid groups (broad SMARTS) is 1. The van der Waals surface area contributed by atoms with Crippen LogP contribution in [0.2, 0.25) is 0 Å². The molecule has 1 aromatic carbocycles. The summed E-state index contributed by atoms with van der Waals surface area (Å²) in [7, 11) is 0. The molecule has 0 radical (unpaired) electrons. The van der Waals surface area contributed by atoms with Gasteiger partial charge in [0.1, 0.15) is 18.1 Å². The standard InChI is InChI=1S/C24H36N4O5/c1-7-15(6)19(21(29)26-17(23(31)32)12-13(2)3)27-24(33)28-18-11-9-8-10-16(18)25-22(30)20(28)14(4)5/h8-11,13-15,17,19-20H,7,12H2,1-6H3,(H,25,30)(H,26,29)(H,27,33)(H,31,32)/t15-,17+,19+,20+/m1/s1. The molecule has 0 fully saturated rings. The molecule has 0 aromatic heterocycles. The Morgan fingerprint density at radius 1 is 1.09 bits per heavy atom. The summed E-state index contributed by atoms with van der Waals surface area (Å²) in [5.41, 5.74) is 1.06. The van der Waals surface area contributed by atoms with Gasteiger partial charge >= 0.3 is 12.0 Å². The Morgan fingerprint density at radius 2 is 1.73 bits per heavy atom. The van der Waals surface area contributed by atoms with Crippen molar-refractivity contribution in [3.63, 3.8) is 0 Å². The van der Waals surface area contributed by atoms with Gasteiger partial charge in [0.05, 0.1) is 11.4 Å². The highest BCUT2D eigenvalue weighted by atomic mass is 16.4. The lowest BCUT2D eigenvalue weighted by Gasteiger charge is -2.39. The summed E-state index contributed by atoms with van der Waals surface area (Å²) < 4.78 is 0. The number of carbonyl (C=O) groups excluding carboxylic acids is 3. The molecule has 4 N–H and O–H groups in total. The number of nitrogens with one attached hydrogen (secondary N) is 3. The lowest BCUT2D eigenvalue weighted by molar-refractivity contribution is -0.142. The average molecular weight is 461 g/mol. The predicted octanol–water partition coefficient (Wildman–Crippen LogP) is 3.21. The zero-order chi connectivity index (χ0) is 24.9. The summed E-state index contributed by atoms with van der Waals surface area (Å²) in [6, 6.07) is 3.65. The highest BCUT2D eigenvalue weighted by molar-refractivity contribution is 6.12. The Kier molecular flexibility index (Phi) is 8.84. The number of amides is 4. The Labute approximate surface area is 195 Å². The minimum Gasteiger partial charge on any atom is -0.480 e. The number of fused-ring (bicyclic) bond motifs is 1. The summed E-state index contributed by atoms with van der Waals surface area (Å²) in [4.78, 5) is 52.4. The van der Waals surface area contributed by atoms with Crippen LogP contribution in [0.25, 0.3) is 0 Å². The van der Waals surface area contributed by atoms with E-state index in [0.717, 1.165) is 0 Å². The van der Waals surface area contributed by atoms with Crippen LogP contribution in [-0.4, -0.2) is 47.0 Å². The maximum absolute atomic E-state index is 13.5. The number of hydrogen-bond acceptors (Lipinski definition) is 4. The third-order valence-electron chi connectivity index (χ3n) is 5.91. The number of para-hydroxylation sites is 2. The number of aliphatic carboxylic acids is 1. The lowest BCUT2D eigenvalue weighted by atomic mass is 9.96. The molecule has 1 aliphatic rings. The maximum atomic E-state index is 13.5. The Bertz CT molecular complexity index is 885. The first-order chi connectivity index (χ1) is 15.5. The molecule has 0 saturated heterocycles. The second kappa shape index (κ2) is 11.2. The van der Waals surface area contributed by atoms with Crippen molar-refractivity contribution >= 4 is 35.2 Å². The summed E-state index contributed by atoms with van der Waals surface area (Å²) in [6.07, 6.45) is 0.863. The number of carbonyl (C=O) groups is 4. The normalized spacial score (nSPS) is 18.2. The van der Waals surface area contributed by atoms with Crippen LogP contribution in [0.1, 0.15) is 54.4 Å². The van der Waals surface area contributed by atoms with Gasteiger partial charge in [0, 0.05) is 0 Å². The summed E-state index contributed by atoms with van der Waals surface area (Å²) >= 11 is 0. The lowest BCUT2D eigenvalue weighted by Crippen LogP contribution is -2.61. The maximum Gasteiger partial charge on any atom is 0.326 e. The van der Waals surface area contributed by atoms with Gasteiger partial charge in [-0.15, -0.1) is 0 Å². The Morgan fingerprint density at radius 3 is 2.27 bits per heavy atom. The Balaban J connectivity index is 2.34. The first kappa shape index (κ1) is 26.2. The van der Waals surface area contributed by atoms with E-state index in [-0.39, 0.29) is 30.1 Å². The molecule has 33 heavy (non-hydrogen) atoms. The van der Waals surface area contributed by atoms with Crippen molar-refractivity contribution in [1.82, 2.24) is 10.6 Å². The fourth-order valence-electron chi connectivity index (χ4n) is 3.96. The molecular weight excluding hydrogens is 424 g/mol. The smallest absolute Gasteiger partial charge is 0.326 e. The zero-order valence-corrected chi connectivity index (χ0v) is 20.2. The van der Waals surface area contributed by atoms with Gasteiger partial charge in [-0.2, -0.15) is 0 Å². The third kappa shape index (κ3) is 6.24. The molecule has 1 aliphatic heterocycles. The van der Waals surface area contributed by atoms with E-state index in [2.05, 4.69) is 16.0 Å². The summed E-state index contributed by atoms with van der Waals surface area (Å²) in [5, 5.41) is 17.7. The minimum absolute atomic E-state index is 0.0678. The Hall–Kier alpha value is -3.10. The van der Waals surface area contributed by atoms with Crippen molar-refractivity contribution in [2.24, 2.45) is 17.8 Å². The molecule has 0 bridgehead atoms. The quantitative estimate of drug-likeness (QED) is 0.450. The van der Waals surface area contributed by atoms with E-state index in [1.807, 2.05) is 41.5 Å². The van der Waals surface area contributed by atoms with Crippen molar-refractivity contribution in [3.05, 3.63) is 24.3 Å². The summed E-state index contributed by atoms with van der Waals surface area (Å²) in [5.74, 6) is -2.34. The number of benzene rings is 1. The van der Waals surface area contributed by atoms with Crippen LogP contribution in [-0.2, 0) is 14.4 Å². The van der Waals surface area contributed by atoms with Crippen molar-refractivity contribution in [1.29, 1.82) is 0 Å². The average Bonchev–Trinajstić information content (AvgIpc) is 2.74. The zero-order valence-electron chi connectivity index (χ0n) is 20.2. The molecule has 1 aromatic rings. The van der Waals surface area contributed by atoms with Crippen LogP contribution in [0.4, 0.5) is 16.2 Å². The van der Waals surface area contributed by atoms with Crippen LogP contribution >= 0.6 is 0 Å². The predicted molar refractivity (Wildman–Crippen MR) is 127 cm³/mol. The second-order valence-electron chi connectivity index (χ2n) is 9.41. The molecule has 9 heteroatoms. The number of hydrogen-bond donors (Lipinski definition) is 4. The number of rotatable bonds is 9. The highest BCUT2D eigenvalue weighted by Crippen LogP contribution is 2.34. The van der Waals surface area contributed by atoms with Gasteiger partial charge in [0.15, 0.2) is 0 Å². The van der Waals surface area contributed by atoms with E-state index in [1.54, 1.807) is 24.3 Å². The molecule has 4 atom stereocenters. The van der Waals surface area contributed by atoms with Gasteiger partial charge in [-0.05, 0) is 36.3 Å². The van der Waals surface area contributed by atoms with E-state index in [9.17, 15) is 24.3 Å². The van der Waals surface area contributed by atoms with E-state index in [0.29, 0.717) is 17.8 Å². The van der Waals surface area contributed by atoms with E-state index < -0.39 is 36.0 Å². The van der Waals surface area contributed by atoms with Crippen molar-refractivity contribution in [2.75, 3.05) is 10.2 Å². The fraction of sp³-hybridized carbons (Fsp3) is 0.583. The number of nitrogens with zero attached hydrogens (tertiary/aromatic N) is 1. The first-order valence-electron chi connectivity index (χ1n) is 11.5. The molecule has 182 valence electrons. The number of anilines is 2. The van der Waals surface area contributed by atoms with E-state index >= 15 is 0 Å².